The van der Waals surface area contributed by atoms with Gasteiger partial charge in [-0.05, 0) is 30.7 Å². The molecule has 0 saturated carbocycles. The van der Waals surface area contributed by atoms with Gasteiger partial charge in [-0.1, -0.05) is 37.3 Å². The normalized spacial score (nSPS) is 10.8. The number of para-hydroxylation sites is 3. The van der Waals surface area contributed by atoms with E-state index in [-0.39, 0.29) is 5.91 Å². The standard InChI is InChI=1S/C21H25N3O2/c1-3-21(25)22-13-12-20-23-17-9-5-6-10-18(17)24(20)14-15-26-19-11-7-4-8-16(19)2/h4-11H,3,12-15H2,1-2H3,(H,22,25). The Balaban J connectivity index is 1.71. The molecule has 2 aromatic carbocycles. The Morgan fingerprint density at radius 1 is 1.15 bits per heavy atom. The van der Waals surface area contributed by atoms with Crippen LogP contribution in [0.3, 0.4) is 0 Å². The predicted molar refractivity (Wildman–Crippen MR) is 103 cm³/mol. The first kappa shape index (κ1) is 18.0. The Morgan fingerprint density at radius 3 is 2.73 bits per heavy atom. The number of carbonyl (C=O) groups excluding carboxylic acids is 1. The fourth-order valence-corrected chi connectivity index (χ4v) is 2.97. The topological polar surface area (TPSA) is 56.2 Å². The molecule has 1 aromatic heterocycles. The molecule has 0 bridgehead atoms. The predicted octanol–water partition coefficient (Wildman–Crippen LogP) is 3.49. The maximum atomic E-state index is 11.5. The lowest BCUT2D eigenvalue weighted by molar-refractivity contribution is -0.120. The van der Waals surface area contributed by atoms with Gasteiger partial charge in [-0.15, -0.1) is 0 Å². The Kier molecular flexibility index (Phi) is 5.89. The molecule has 0 radical (unpaired) electrons. The lowest BCUT2D eigenvalue weighted by atomic mass is 10.2. The number of ether oxygens (including phenoxy) is 1. The largest absolute Gasteiger partial charge is 0.491 e. The van der Waals surface area contributed by atoms with Crippen molar-refractivity contribution in [2.75, 3.05) is 13.2 Å². The maximum Gasteiger partial charge on any atom is 0.219 e. The zero-order chi connectivity index (χ0) is 18.4. The lowest BCUT2D eigenvalue weighted by Crippen LogP contribution is -2.25. The molecule has 136 valence electrons. The summed E-state index contributed by atoms with van der Waals surface area (Å²) in [5.74, 6) is 1.94. The number of aromatic nitrogens is 2. The average Bonchev–Trinajstić information content (AvgIpc) is 3.01. The van der Waals surface area contributed by atoms with E-state index in [2.05, 4.69) is 16.0 Å². The summed E-state index contributed by atoms with van der Waals surface area (Å²) in [6, 6.07) is 16.1. The van der Waals surface area contributed by atoms with Gasteiger partial charge in [0.05, 0.1) is 17.6 Å². The Labute approximate surface area is 154 Å². The van der Waals surface area contributed by atoms with Gasteiger partial charge in [-0.2, -0.15) is 0 Å². The molecule has 0 aliphatic carbocycles. The van der Waals surface area contributed by atoms with Crippen LogP contribution in [0.2, 0.25) is 0 Å². The van der Waals surface area contributed by atoms with Crippen molar-refractivity contribution in [1.29, 1.82) is 0 Å². The number of nitrogens with one attached hydrogen (secondary N) is 1. The highest BCUT2D eigenvalue weighted by atomic mass is 16.5. The lowest BCUT2D eigenvalue weighted by Gasteiger charge is -2.12. The number of aryl methyl sites for hydroxylation is 1. The molecule has 0 spiro atoms. The summed E-state index contributed by atoms with van der Waals surface area (Å²) in [7, 11) is 0. The van der Waals surface area contributed by atoms with E-state index >= 15 is 0 Å². The monoisotopic (exact) mass is 351 g/mol. The molecule has 5 heteroatoms. The van der Waals surface area contributed by atoms with Gasteiger partial charge in [0.2, 0.25) is 5.91 Å². The fourth-order valence-electron chi connectivity index (χ4n) is 2.97. The highest BCUT2D eigenvalue weighted by molar-refractivity contribution is 5.76. The van der Waals surface area contributed by atoms with Gasteiger partial charge in [-0.25, -0.2) is 4.98 Å². The van der Waals surface area contributed by atoms with Gasteiger partial charge >= 0.3 is 0 Å². The van der Waals surface area contributed by atoms with Crippen LogP contribution in [0.1, 0.15) is 24.7 Å². The number of hydrogen-bond acceptors (Lipinski definition) is 3. The Morgan fingerprint density at radius 2 is 1.92 bits per heavy atom. The van der Waals surface area contributed by atoms with Gasteiger partial charge in [0.25, 0.3) is 0 Å². The smallest absolute Gasteiger partial charge is 0.219 e. The van der Waals surface area contributed by atoms with Gasteiger partial charge in [0.1, 0.15) is 18.2 Å². The number of carbonyl (C=O) groups is 1. The number of rotatable bonds is 8. The molecular weight excluding hydrogens is 326 g/mol. The molecule has 3 rings (SSSR count). The second-order valence-corrected chi connectivity index (χ2v) is 6.24. The number of hydrogen-bond donors (Lipinski definition) is 1. The summed E-state index contributed by atoms with van der Waals surface area (Å²) in [4.78, 5) is 16.2. The molecule has 0 saturated heterocycles. The highest BCUT2D eigenvalue weighted by Gasteiger charge is 2.11. The Hall–Kier alpha value is -2.82. The van der Waals surface area contributed by atoms with Crippen molar-refractivity contribution >= 4 is 16.9 Å². The fraction of sp³-hybridized carbons (Fsp3) is 0.333. The second-order valence-electron chi connectivity index (χ2n) is 6.24. The summed E-state index contributed by atoms with van der Waals surface area (Å²) >= 11 is 0. The average molecular weight is 351 g/mol. The van der Waals surface area contributed by atoms with Gasteiger partial charge in [-0.3, -0.25) is 4.79 Å². The van der Waals surface area contributed by atoms with E-state index in [0.29, 0.717) is 32.5 Å². The first-order chi connectivity index (χ1) is 12.7. The van der Waals surface area contributed by atoms with Crippen molar-refractivity contribution in [3.8, 4) is 5.75 Å². The van der Waals surface area contributed by atoms with Gasteiger partial charge in [0.15, 0.2) is 0 Å². The Bertz CT molecular complexity index is 886. The van der Waals surface area contributed by atoms with Crippen molar-refractivity contribution in [2.45, 2.75) is 33.2 Å². The molecule has 1 N–H and O–H groups in total. The third-order valence-corrected chi connectivity index (χ3v) is 4.39. The maximum absolute atomic E-state index is 11.5. The van der Waals surface area contributed by atoms with E-state index in [4.69, 9.17) is 9.72 Å². The molecular formula is C21H25N3O2. The third kappa shape index (κ3) is 4.23. The van der Waals surface area contributed by atoms with Crippen LogP contribution in [-0.4, -0.2) is 28.6 Å². The first-order valence-corrected chi connectivity index (χ1v) is 9.08. The summed E-state index contributed by atoms with van der Waals surface area (Å²) in [5.41, 5.74) is 3.20. The number of amides is 1. The molecule has 5 nitrogen and oxygen atoms in total. The molecule has 0 aliphatic rings. The van der Waals surface area contributed by atoms with Crippen molar-refractivity contribution in [3.63, 3.8) is 0 Å². The second kappa shape index (κ2) is 8.52. The third-order valence-electron chi connectivity index (χ3n) is 4.39. The van der Waals surface area contributed by atoms with E-state index in [0.717, 1.165) is 28.2 Å². The van der Waals surface area contributed by atoms with E-state index in [1.807, 2.05) is 56.3 Å². The molecule has 0 aliphatic heterocycles. The molecule has 1 heterocycles. The van der Waals surface area contributed by atoms with Crippen LogP contribution < -0.4 is 10.1 Å². The minimum atomic E-state index is 0.0653. The number of imidazole rings is 1. The molecule has 0 fully saturated rings. The van der Waals surface area contributed by atoms with Crippen LogP contribution in [0.15, 0.2) is 48.5 Å². The SMILES string of the molecule is CCC(=O)NCCc1nc2ccccc2n1CCOc1ccccc1C. The van der Waals surface area contributed by atoms with E-state index in [9.17, 15) is 4.79 Å². The van der Waals surface area contributed by atoms with E-state index < -0.39 is 0 Å². The van der Waals surface area contributed by atoms with Gasteiger partial charge < -0.3 is 14.6 Å². The molecule has 3 aromatic rings. The van der Waals surface area contributed by atoms with Crippen molar-refractivity contribution in [2.24, 2.45) is 0 Å². The van der Waals surface area contributed by atoms with Crippen LogP contribution in [-0.2, 0) is 17.8 Å². The minimum absolute atomic E-state index is 0.0653. The highest BCUT2D eigenvalue weighted by Crippen LogP contribution is 2.18. The van der Waals surface area contributed by atoms with Crippen LogP contribution in [0.25, 0.3) is 11.0 Å². The van der Waals surface area contributed by atoms with Crippen molar-refractivity contribution in [3.05, 3.63) is 59.9 Å². The van der Waals surface area contributed by atoms with Gasteiger partial charge in [0, 0.05) is 19.4 Å². The van der Waals surface area contributed by atoms with Crippen LogP contribution in [0.4, 0.5) is 0 Å². The van der Waals surface area contributed by atoms with Crippen LogP contribution >= 0.6 is 0 Å². The quantitative estimate of drug-likeness (QED) is 0.676. The zero-order valence-electron chi connectivity index (χ0n) is 15.4. The number of nitrogens with zero attached hydrogens (tertiary/aromatic N) is 2. The zero-order valence-corrected chi connectivity index (χ0v) is 15.4. The summed E-state index contributed by atoms with van der Waals surface area (Å²) in [6.45, 7) is 5.78. The summed E-state index contributed by atoms with van der Waals surface area (Å²) in [5, 5.41) is 2.92. The van der Waals surface area contributed by atoms with E-state index in [1.54, 1.807) is 0 Å². The van der Waals surface area contributed by atoms with Crippen molar-refractivity contribution in [1.82, 2.24) is 14.9 Å². The molecule has 0 atom stereocenters. The number of fused-ring (bicyclic) bond motifs is 1. The summed E-state index contributed by atoms with van der Waals surface area (Å²) < 4.78 is 8.14. The minimum Gasteiger partial charge on any atom is -0.491 e. The molecule has 26 heavy (non-hydrogen) atoms. The van der Waals surface area contributed by atoms with E-state index in [1.165, 1.54) is 0 Å². The van der Waals surface area contributed by atoms with Crippen molar-refractivity contribution < 1.29 is 9.53 Å². The first-order valence-electron chi connectivity index (χ1n) is 9.08. The van der Waals surface area contributed by atoms with Crippen LogP contribution in [0.5, 0.6) is 5.75 Å². The molecule has 1 amide bonds. The molecule has 0 unspecified atom stereocenters. The number of benzene rings is 2. The summed E-state index contributed by atoms with van der Waals surface area (Å²) in [6.07, 6.45) is 1.20. The van der Waals surface area contributed by atoms with Crippen LogP contribution in [0, 0.1) is 6.92 Å².